The third-order valence-corrected chi connectivity index (χ3v) is 8.40. The van der Waals surface area contributed by atoms with Crippen molar-refractivity contribution in [2.45, 2.75) is 70.1 Å². The summed E-state index contributed by atoms with van der Waals surface area (Å²) in [7, 11) is -3.16. The van der Waals surface area contributed by atoms with Crippen LogP contribution in [0, 0.1) is 11.7 Å². The zero-order chi connectivity index (χ0) is 25.3. The molecule has 1 aromatic heterocycles. The van der Waals surface area contributed by atoms with Crippen LogP contribution in [-0.2, 0) is 22.7 Å². The number of aromatic nitrogens is 2. The van der Waals surface area contributed by atoms with Crippen molar-refractivity contribution < 1.29 is 22.7 Å². The molecule has 2 N–H and O–H groups in total. The van der Waals surface area contributed by atoms with Crippen molar-refractivity contribution in [3.8, 4) is 5.69 Å². The standard InChI is InChI=1S/C24H33ClFN3O4S/c1-5-20-28-21(22(25)29(20)19-7-6-16(12-15(2)3)13-18(19)26)23(30)27-14-24(31)10-8-17(9-11-24)34(4,32)33/h6-7,13,15,17,31H,5,8-12,14H2,1-4H3,(H,27,30). The van der Waals surface area contributed by atoms with E-state index in [-0.39, 0.29) is 35.9 Å². The van der Waals surface area contributed by atoms with E-state index < -0.39 is 32.4 Å². The summed E-state index contributed by atoms with van der Waals surface area (Å²) < 4.78 is 39.9. The number of hydrogen-bond donors (Lipinski definition) is 2. The van der Waals surface area contributed by atoms with E-state index in [9.17, 15) is 22.7 Å². The molecule has 2 aromatic rings. The lowest BCUT2D eigenvalue weighted by atomic mass is 9.84. The summed E-state index contributed by atoms with van der Waals surface area (Å²) in [6.07, 6.45) is 3.59. The summed E-state index contributed by atoms with van der Waals surface area (Å²) in [6.45, 7) is 5.91. The fourth-order valence-corrected chi connectivity index (χ4v) is 5.87. The lowest BCUT2D eigenvalue weighted by Gasteiger charge is -2.35. The topological polar surface area (TPSA) is 101 Å². The van der Waals surface area contributed by atoms with Crippen LogP contribution in [0.1, 0.15) is 68.3 Å². The normalized spacial score (nSPS) is 21.1. The first-order chi connectivity index (χ1) is 15.8. The number of aryl methyl sites for hydroxylation is 1. The molecule has 7 nitrogen and oxygen atoms in total. The highest BCUT2D eigenvalue weighted by Crippen LogP contribution is 2.32. The van der Waals surface area contributed by atoms with E-state index >= 15 is 0 Å². The van der Waals surface area contributed by atoms with Gasteiger partial charge in [0.2, 0.25) is 0 Å². The third-order valence-electron chi connectivity index (χ3n) is 6.37. The molecule has 1 saturated carbocycles. The van der Waals surface area contributed by atoms with Gasteiger partial charge in [0, 0.05) is 19.2 Å². The Morgan fingerprint density at radius 1 is 1.35 bits per heavy atom. The Morgan fingerprint density at radius 2 is 2.00 bits per heavy atom. The molecule has 188 valence electrons. The predicted molar refractivity (Wildman–Crippen MR) is 131 cm³/mol. The van der Waals surface area contributed by atoms with Crippen LogP contribution in [0.4, 0.5) is 4.39 Å². The molecule has 1 amide bonds. The maximum atomic E-state index is 15.0. The molecule has 10 heteroatoms. The lowest BCUT2D eigenvalue weighted by molar-refractivity contribution is 0.00607. The Balaban J connectivity index is 1.77. The molecule has 0 bridgehead atoms. The third kappa shape index (κ3) is 5.98. The summed E-state index contributed by atoms with van der Waals surface area (Å²) >= 11 is 6.50. The smallest absolute Gasteiger partial charge is 0.273 e. The van der Waals surface area contributed by atoms with Crippen LogP contribution < -0.4 is 5.32 Å². The molecule has 1 fully saturated rings. The molecule has 34 heavy (non-hydrogen) atoms. The number of amides is 1. The highest BCUT2D eigenvalue weighted by Gasteiger charge is 2.37. The van der Waals surface area contributed by atoms with E-state index in [2.05, 4.69) is 24.1 Å². The molecule has 1 aliphatic carbocycles. The SMILES string of the molecule is CCc1nc(C(=O)NCC2(O)CCC(S(C)(=O)=O)CC2)c(Cl)n1-c1ccc(CC(C)C)cc1F. The van der Waals surface area contributed by atoms with E-state index in [4.69, 9.17) is 11.6 Å². The summed E-state index contributed by atoms with van der Waals surface area (Å²) in [4.78, 5) is 17.2. The van der Waals surface area contributed by atoms with E-state index in [0.29, 0.717) is 31.0 Å². The number of hydrogen-bond acceptors (Lipinski definition) is 5. The van der Waals surface area contributed by atoms with Crippen LogP contribution in [0.5, 0.6) is 0 Å². The Bertz CT molecular complexity index is 1160. The maximum Gasteiger partial charge on any atom is 0.273 e. The second-order valence-electron chi connectivity index (χ2n) is 9.68. The van der Waals surface area contributed by atoms with Crippen LogP contribution in [0.3, 0.4) is 0 Å². The monoisotopic (exact) mass is 513 g/mol. The van der Waals surface area contributed by atoms with Gasteiger partial charge >= 0.3 is 0 Å². The predicted octanol–water partition coefficient (Wildman–Crippen LogP) is 3.87. The minimum absolute atomic E-state index is 0.00219. The number of carbonyl (C=O) groups is 1. The molecule has 3 rings (SSSR count). The Hall–Kier alpha value is -1.97. The van der Waals surface area contributed by atoms with Gasteiger partial charge in [-0.3, -0.25) is 9.36 Å². The fraction of sp³-hybridized carbons (Fsp3) is 0.583. The fourth-order valence-electron chi connectivity index (χ4n) is 4.46. The average Bonchev–Trinajstić information content (AvgIpc) is 3.08. The molecule has 1 heterocycles. The van der Waals surface area contributed by atoms with Gasteiger partial charge in [-0.15, -0.1) is 0 Å². The number of imidazole rings is 1. The van der Waals surface area contributed by atoms with E-state index in [1.165, 1.54) is 16.9 Å². The first-order valence-corrected chi connectivity index (χ1v) is 13.9. The zero-order valence-corrected chi connectivity index (χ0v) is 21.6. The number of nitrogens with zero attached hydrogens (tertiary/aromatic N) is 2. The van der Waals surface area contributed by atoms with Crippen LogP contribution in [0.2, 0.25) is 5.15 Å². The molecule has 1 aliphatic rings. The molecule has 0 aliphatic heterocycles. The number of rotatable bonds is 8. The molecule has 0 spiro atoms. The Labute approximate surface area is 205 Å². The van der Waals surface area contributed by atoms with Crippen LogP contribution in [0.15, 0.2) is 18.2 Å². The molecule has 0 radical (unpaired) electrons. The van der Waals surface area contributed by atoms with Crippen LogP contribution >= 0.6 is 11.6 Å². The molecular formula is C24H33ClFN3O4S. The lowest BCUT2D eigenvalue weighted by Crippen LogP contribution is -2.47. The van der Waals surface area contributed by atoms with E-state index in [0.717, 1.165) is 12.0 Å². The molecule has 0 atom stereocenters. The number of sulfone groups is 1. The highest BCUT2D eigenvalue weighted by atomic mass is 35.5. The first kappa shape index (κ1) is 26.6. The van der Waals surface area contributed by atoms with Crippen molar-refractivity contribution in [3.63, 3.8) is 0 Å². The number of benzene rings is 1. The van der Waals surface area contributed by atoms with Gasteiger partial charge in [-0.1, -0.05) is 38.4 Å². The average molecular weight is 514 g/mol. The van der Waals surface area contributed by atoms with Gasteiger partial charge in [-0.25, -0.2) is 17.8 Å². The van der Waals surface area contributed by atoms with Crippen LogP contribution in [-0.4, -0.2) is 52.6 Å². The van der Waals surface area contributed by atoms with Crippen molar-refractivity contribution in [3.05, 3.63) is 46.3 Å². The summed E-state index contributed by atoms with van der Waals surface area (Å²) in [6, 6.07) is 4.97. The number of halogens is 2. The van der Waals surface area contributed by atoms with Crippen molar-refractivity contribution >= 4 is 27.3 Å². The van der Waals surface area contributed by atoms with Gasteiger partial charge in [0.15, 0.2) is 5.69 Å². The number of carbonyl (C=O) groups excluding carboxylic acids is 1. The summed E-state index contributed by atoms with van der Waals surface area (Å²) in [5.41, 5.74) is -0.142. The number of aliphatic hydroxyl groups is 1. The minimum atomic E-state index is -3.16. The first-order valence-electron chi connectivity index (χ1n) is 11.6. The largest absolute Gasteiger partial charge is 0.388 e. The van der Waals surface area contributed by atoms with Gasteiger partial charge in [0.25, 0.3) is 5.91 Å². The van der Waals surface area contributed by atoms with Crippen molar-refractivity contribution in [1.82, 2.24) is 14.9 Å². The Morgan fingerprint density at radius 3 is 2.53 bits per heavy atom. The van der Waals surface area contributed by atoms with Gasteiger partial charge in [0.1, 0.15) is 26.6 Å². The second kappa shape index (κ2) is 10.3. The van der Waals surface area contributed by atoms with Crippen molar-refractivity contribution in [2.75, 3.05) is 12.8 Å². The summed E-state index contributed by atoms with van der Waals surface area (Å²) in [5.74, 6) is -0.192. The van der Waals surface area contributed by atoms with Gasteiger partial charge in [-0.05, 0) is 55.7 Å². The minimum Gasteiger partial charge on any atom is -0.388 e. The van der Waals surface area contributed by atoms with E-state index in [1.54, 1.807) is 6.07 Å². The van der Waals surface area contributed by atoms with Gasteiger partial charge in [0.05, 0.1) is 16.5 Å². The highest BCUT2D eigenvalue weighted by molar-refractivity contribution is 7.91. The van der Waals surface area contributed by atoms with Crippen molar-refractivity contribution in [1.29, 1.82) is 0 Å². The molecular weight excluding hydrogens is 481 g/mol. The summed E-state index contributed by atoms with van der Waals surface area (Å²) in [5, 5.41) is 13.0. The Kier molecular flexibility index (Phi) is 8.10. The number of nitrogens with one attached hydrogen (secondary N) is 1. The maximum absolute atomic E-state index is 15.0. The van der Waals surface area contributed by atoms with E-state index in [1.807, 2.05) is 13.0 Å². The van der Waals surface area contributed by atoms with Gasteiger partial charge < -0.3 is 10.4 Å². The zero-order valence-electron chi connectivity index (χ0n) is 20.1. The van der Waals surface area contributed by atoms with Crippen LogP contribution in [0.25, 0.3) is 5.69 Å². The second-order valence-corrected chi connectivity index (χ2v) is 12.4. The quantitative estimate of drug-likeness (QED) is 0.558. The molecule has 0 unspecified atom stereocenters. The van der Waals surface area contributed by atoms with Crippen molar-refractivity contribution in [2.24, 2.45) is 5.92 Å². The molecule has 1 aromatic carbocycles. The molecule has 0 saturated heterocycles. The van der Waals surface area contributed by atoms with Gasteiger partial charge in [-0.2, -0.15) is 0 Å².